The summed E-state index contributed by atoms with van der Waals surface area (Å²) >= 11 is 0. The lowest BCUT2D eigenvalue weighted by atomic mass is 10.0. The highest BCUT2D eigenvalue weighted by atomic mass is 16.7. The molecule has 0 bridgehead atoms. The largest absolute Gasteiger partial charge is 0.463 e. The average Bonchev–Trinajstić information content (AvgIpc) is 2.21. The standard InChI is InChI=1S/C11H20O6/c1-6(2)16-11-10(14)9(13)4-8(17-11)5-15-7(3)12/h6,8-11,13-14H,4-5H2,1-3H3/t8-,9+,10+,11+/m0/s1. The van der Waals surface area contributed by atoms with Gasteiger partial charge in [0.1, 0.15) is 12.7 Å². The Morgan fingerprint density at radius 2 is 2.12 bits per heavy atom. The second-order valence-corrected chi connectivity index (χ2v) is 4.41. The van der Waals surface area contributed by atoms with Crippen molar-refractivity contribution in [1.82, 2.24) is 0 Å². The Morgan fingerprint density at radius 3 is 2.65 bits per heavy atom. The first-order chi connectivity index (χ1) is 7.90. The van der Waals surface area contributed by atoms with Gasteiger partial charge in [-0.2, -0.15) is 0 Å². The summed E-state index contributed by atoms with van der Waals surface area (Å²) in [5, 5.41) is 19.3. The van der Waals surface area contributed by atoms with Crippen LogP contribution in [0.2, 0.25) is 0 Å². The van der Waals surface area contributed by atoms with Crippen molar-refractivity contribution in [2.45, 2.75) is 57.9 Å². The van der Waals surface area contributed by atoms with Gasteiger partial charge in [-0.25, -0.2) is 0 Å². The van der Waals surface area contributed by atoms with Crippen LogP contribution >= 0.6 is 0 Å². The zero-order chi connectivity index (χ0) is 13.0. The number of carbonyl (C=O) groups excluding carboxylic acids is 1. The lowest BCUT2D eigenvalue weighted by Crippen LogP contribution is -2.51. The summed E-state index contributed by atoms with van der Waals surface area (Å²) < 4.78 is 15.6. The fraction of sp³-hybridized carbons (Fsp3) is 0.909. The Hall–Kier alpha value is -0.690. The molecule has 17 heavy (non-hydrogen) atoms. The van der Waals surface area contributed by atoms with Gasteiger partial charge in [0.05, 0.1) is 18.3 Å². The SMILES string of the molecule is CC(=O)OC[C@@H]1C[C@@H](O)[C@@H](O)[C@H](OC(C)C)O1. The molecule has 1 fully saturated rings. The van der Waals surface area contributed by atoms with Crippen molar-refractivity contribution in [2.75, 3.05) is 6.61 Å². The van der Waals surface area contributed by atoms with E-state index in [9.17, 15) is 15.0 Å². The molecule has 1 aliphatic rings. The van der Waals surface area contributed by atoms with Crippen molar-refractivity contribution in [3.63, 3.8) is 0 Å². The van der Waals surface area contributed by atoms with Crippen molar-refractivity contribution in [2.24, 2.45) is 0 Å². The molecule has 1 rings (SSSR count). The molecule has 4 atom stereocenters. The number of carbonyl (C=O) groups is 1. The molecule has 0 aromatic heterocycles. The summed E-state index contributed by atoms with van der Waals surface area (Å²) in [6, 6.07) is 0. The zero-order valence-electron chi connectivity index (χ0n) is 10.3. The Kier molecular flexibility index (Phi) is 5.32. The highest BCUT2D eigenvalue weighted by Crippen LogP contribution is 2.22. The van der Waals surface area contributed by atoms with E-state index in [0.717, 1.165) is 0 Å². The van der Waals surface area contributed by atoms with Gasteiger partial charge < -0.3 is 24.4 Å². The molecule has 0 radical (unpaired) electrons. The molecule has 0 aromatic rings. The van der Waals surface area contributed by atoms with E-state index >= 15 is 0 Å². The summed E-state index contributed by atoms with van der Waals surface area (Å²) in [6.07, 6.45) is -3.28. The van der Waals surface area contributed by atoms with E-state index in [4.69, 9.17) is 14.2 Å². The monoisotopic (exact) mass is 248 g/mol. The van der Waals surface area contributed by atoms with Crippen molar-refractivity contribution in [3.05, 3.63) is 0 Å². The van der Waals surface area contributed by atoms with Gasteiger partial charge in [-0.1, -0.05) is 0 Å². The Labute approximate surface area is 100 Å². The minimum absolute atomic E-state index is 0.0526. The van der Waals surface area contributed by atoms with Gasteiger partial charge in [-0.05, 0) is 13.8 Å². The normalized spacial score (nSPS) is 33.8. The number of ether oxygens (including phenoxy) is 3. The molecule has 6 heteroatoms. The predicted molar refractivity (Wildman–Crippen MR) is 58.1 cm³/mol. The maximum atomic E-state index is 10.7. The van der Waals surface area contributed by atoms with Gasteiger partial charge in [0.15, 0.2) is 6.29 Å². The second-order valence-electron chi connectivity index (χ2n) is 4.41. The van der Waals surface area contributed by atoms with Crippen LogP contribution in [0.4, 0.5) is 0 Å². The van der Waals surface area contributed by atoms with Crippen molar-refractivity contribution in [1.29, 1.82) is 0 Å². The third kappa shape index (κ3) is 4.59. The van der Waals surface area contributed by atoms with E-state index in [2.05, 4.69) is 0 Å². The number of aliphatic hydroxyl groups is 2. The lowest BCUT2D eigenvalue weighted by molar-refractivity contribution is -0.281. The van der Waals surface area contributed by atoms with Crippen LogP contribution in [0.3, 0.4) is 0 Å². The maximum absolute atomic E-state index is 10.7. The fourth-order valence-electron chi connectivity index (χ4n) is 1.61. The number of rotatable bonds is 4. The van der Waals surface area contributed by atoms with Crippen molar-refractivity contribution < 1.29 is 29.2 Å². The van der Waals surface area contributed by atoms with Crippen LogP contribution in [-0.4, -0.2) is 53.5 Å². The van der Waals surface area contributed by atoms with E-state index in [1.807, 2.05) is 0 Å². The van der Waals surface area contributed by atoms with Crippen LogP contribution in [0.15, 0.2) is 0 Å². The number of esters is 1. The molecule has 1 heterocycles. The third-order valence-electron chi connectivity index (χ3n) is 2.38. The Balaban J connectivity index is 2.50. The van der Waals surface area contributed by atoms with Gasteiger partial charge in [-0.3, -0.25) is 4.79 Å². The molecule has 0 spiro atoms. The highest BCUT2D eigenvalue weighted by Gasteiger charge is 2.38. The molecule has 2 N–H and O–H groups in total. The van der Waals surface area contributed by atoms with Crippen LogP contribution < -0.4 is 0 Å². The minimum atomic E-state index is -1.08. The van der Waals surface area contributed by atoms with E-state index in [1.54, 1.807) is 13.8 Å². The van der Waals surface area contributed by atoms with E-state index in [-0.39, 0.29) is 19.1 Å². The highest BCUT2D eigenvalue weighted by molar-refractivity contribution is 5.65. The topological polar surface area (TPSA) is 85.2 Å². The molecule has 100 valence electrons. The zero-order valence-corrected chi connectivity index (χ0v) is 10.3. The number of hydrogen-bond donors (Lipinski definition) is 2. The van der Waals surface area contributed by atoms with E-state index < -0.39 is 30.6 Å². The molecule has 0 unspecified atom stereocenters. The fourth-order valence-corrected chi connectivity index (χ4v) is 1.61. The first-order valence-corrected chi connectivity index (χ1v) is 5.70. The van der Waals surface area contributed by atoms with Crippen molar-refractivity contribution in [3.8, 4) is 0 Å². The third-order valence-corrected chi connectivity index (χ3v) is 2.38. The van der Waals surface area contributed by atoms with E-state index in [0.29, 0.717) is 0 Å². The average molecular weight is 248 g/mol. The summed E-state index contributed by atoms with van der Waals surface area (Å²) in [5.74, 6) is -0.407. The second kappa shape index (κ2) is 6.30. The summed E-state index contributed by atoms with van der Waals surface area (Å²) in [7, 11) is 0. The van der Waals surface area contributed by atoms with E-state index in [1.165, 1.54) is 6.92 Å². The number of hydrogen-bond acceptors (Lipinski definition) is 6. The predicted octanol–water partition coefficient (Wildman–Crippen LogP) is -0.189. The van der Waals surface area contributed by atoms with Gasteiger partial charge in [0.25, 0.3) is 0 Å². The molecule has 0 amide bonds. The summed E-state index contributed by atoms with van der Waals surface area (Å²) in [5.41, 5.74) is 0. The van der Waals surface area contributed by atoms with Crippen LogP contribution in [-0.2, 0) is 19.0 Å². The van der Waals surface area contributed by atoms with Crippen molar-refractivity contribution >= 4 is 5.97 Å². The molecule has 0 aromatic carbocycles. The van der Waals surface area contributed by atoms with Crippen LogP contribution in [0.25, 0.3) is 0 Å². The van der Waals surface area contributed by atoms with Gasteiger partial charge in [-0.15, -0.1) is 0 Å². The van der Waals surface area contributed by atoms with Crippen LogP contribution in [0.1, 0.15) is 27.2 Å². The lowest BCUT2D eigenvalue weighted by Gasteiger charge is -2.37. The van der Waals surface area contributed by atoms with Crippen LogP contribution in [0.5, 0.6) is 0 Å². The molecule has 6 nitrogen and oxygen atoms in total. The maximum Gasteiger partial charge on any atom is 0.302 e. The van der Waals surface area contributed by atoms with Gasteiger partial charge in [0, 0.05) is 13.3 Å². The van der Waals surface area contributed by atoms with Gasteiger partial charge in [0.2, 0.25) is 0 Å². The molecule has 1 saturated heterocycles. The molecular weight excluding hydrogens is 228 g/mol. The quantitative estimate of drug-likeness (QED) is 0.671. The molecule has 1 aliphatic heterocycles. The summed E-state index contributed by atoms with van der Waals surface area (Å²) in [6.45, 7) is 4.96. The summed E-state index contributed by atoms with van der Waals surface area (Å²) in [4.78, 5) is 10.7. The first-order valence-electron chi connectivity index (χ1n) is 5.70. The smallest absolute Gasteiger partial charge is 0.302 e. The molecule has 0 aliphatic carbocycles. The molecule has 0 saturated carbocycles. The minimum Gasteiger partial charge on any atom is -0.463 e. The molecular formula is C11H20O6. The Morgan fingerprint density at radius 1 is 1.47 bits per heavy atom. The number of aliphatic hydroxyl groups excluding tert-OH is 2. The Bertz CT molecular complexity index is 254. The van der Waals surface area contributed by atoms with Gasteiger partial charge >= 0.3 is 5.97 Å². The first kappa shape index (κ1) is 14.4. The van der Waals surface area contributed by atoms with Crippen LogP contribution in [0, 0.1) is 0 Å².